The molecular weight excluding hydrogens is 677 g/mol. The molecule has 1 aliphatic carbocycles. The average Bonchev–Trinajstić information content (AvgIpc) is 3.54. The molecule has 0 bridgehead atoms. The normalized spacial score (nSPS) is 13.1. The van der Waals surface area contributed by atoms with E-state index >= 15 is 0 Å². The second-order valence-corrected chi connectivity index (χ2v) is 15.4. The topological polar surface area (TPSA) is 16.1 Å². The van der Waals surface area contributed by atoms with Crippen molar-refractivity contribution in [2.45, 2.75) is 19.3 Å². The third kappa shape index (κ3) is 6.16. The Bertz CT molecular complexity index is 2900. The van der Waals surface area contributed by atoms with Crippen molar-refractivity contribution in [2.24, 2.45) is 0 Å². The van der Waals surface area contributed by atoms with Crippen LogP contribution in [0, 0.1) is 0 Å². The first-order valence-electron chi connectivity index (χ1n) is 19.4. The lowest BCUT2D eigenvalue weighted by atomic mass is 9.92. The summed E-state index contributed by atoms with van der Waals surface area (Å²) < 4.78 is 0. The summed E-state index contributed by atoms with van der Waals surface area (Å²) in [7, 11) is 0. The molecule has 0 fully saturated rings. The summed E-state index contributed by atoms with van der Waals surface area (Å²) in [5, 5.41) is 5.02. The fourth-order valence-corrected chi connectivity index (χ4v) is 8.32. The summed E-state index contributed by atoms with van der Waals surface area (Å²) >= 11 is 0. The molecule has 1 aliphatic rings. The van der Waals surface area contributed by atoms with E-state index in [4.69, 9.17) is 4.98 Å². The summed E-state index contributed by atoms with van der Waals surface area (Å²) in [6.45, 7) is 4.48. The smallest absolute Gasteiger partial charge is 0.0576 e. The predicted octanol–water partition coefficient (Wildman–Crippen LogP) is 14.6. The standard InChI is InChI=1S/C54H40N2/c1-54(2)36-52(51-12-7-33-55-53(51)54)43-25-31-50(32-26-43)56(49-29-23-42(24-30-49)47-20-18-38-9-4-6-11-45(38)35-47)48-27-21-40(22-28-48)39-13-15-41(16-14-39)46-19-17-37-8-3-5-10-44(37)34-46/h3-36H,1-2H3. The highest BCUT2D eigenvalue weighted by Crippen LogP contribution is 2.43. The number of allylic oxidation sites excluding steroid dienone is 1. The van der Waals surface area contributed by atoms with Crippen molar-refractivity contribution in [3.8, 4) is 33.4 Å². The van der Waals surface area contributed by atoms with Crippen LogP contribution in [0.25, 0.3) is 60.5 Å². The first-order valence-corrected chi connectivity index (χ1v) is 19.4. The summed E-state index contributed by atoms with van der Waals surface area (Å²) in [6.07, 6.45) is 4.26. The maximum absolute atomic E-state index is 4.75. The number of rotatable bonds is 7. The molecule has 2 nitrogen and oxygen atoms in total. The van der Waals surface area contributed by atoms with Crippen molar-refractivity contribution in [2.75, 3.05) is 4.90 Å². The molecule has 266 valence electrons. The van der Waals surface area contributed by atoms with Crippen molar-refractivity contribution in [1.82, 2.24) is 4.98 Å². The highest BCUT2D eigenvalue weighted by atomic mass is 15.1. The summed E-state index contributed by atoms with van der Waals surface area (Å²) in [4.78, 5) is 7.10. The minimum Gasteiger partial charge on any atom is -0.311 e. The Morgan fingerprint density at radius 2 is 0.768 bits per heavy atom. The van der Waals surface area contributed by atoms with Gasteiger partial charge in [0.15, 0.2) is 0 Å². The Balaban J connectivity index is 0.982. The molecular formula is C54H40N2. The summed E-state index contributed by atoms with van der Waals surface area (Å²) in [5.41, 5.74) is 15.2. The number of nitrogens with zero attached hydrogens (tertiary/aromatic N) is 2. The van der Waals surface area contributed by atoms with Gasteiger partial charge in [0, 0.05) is 34.2 Å². The number of hydrogen-bond donors (Lipinski definition) is 0. The highest BCUT2D eigenvalue weighted by molar-refractivity contribution is 5.90. The number of anilines is 3. The zero-order valence-electron chi connectivity index (χ0n) is 31.5. The van der Waals surface area contributed by atoms with Gasteiger partial charge >= 0.3 is 0 Å². The van der Waals surface area contributed by atoms with Gasteiger partial charge < -0.3 is 4.90 Å². The van der Waals surface area contributed by atoms with Gasteiger partial charge in [0.25, 0.3) is 0 Å². The summed E-state index contributed by atoms with van der Waals surface area (Å²) in [5.74, 6) is 0. The molecule has 8 aromatic carbocycles. The first-order chi connectivity index (χ1) is 27.5. The van der Waals surface area contributed by atoms with Crippen LogP contribution in [0.5, 0.6) is 0 Å². The fraction of sp³-hybridized carbons (Fsp3) is 0.0556. The largest absolute Gasteiger partial charge is 0.311 e. The van der Waals surface area contributed by atoms with E-state index in [2.05, 4.69) is 213 Å². The van der Waals surface area contributed by atoms with Gasteiger partial charge in [0.05, 0.1) is 5.69 Å². The van der Waals surface area contributed by atoms with Crippen LogP contribution < -0.4 is 4.90 Å². The number of fused-ring (bicyclic) bond motifs is 3. The Morgan fingerprint density at radius 1 is 0.375 bits per heavy atom. The second-order valence-electron chi connectivity index (χ2n) is 15.4. The summed E-state index contributed by atoms with van der Waals surface area (Å²) in [6, 6.07) is 70.5. The van der Waals surface area contributed by atoms with Gasteiger partial charge in [-0.05, 0) is 121 Å². The molecule has 0 saturated heterocycles. The Morgan fingerprint density at radius 3 is 1.25 bits per heavy atom. The van der Waals surface area contributed by atoms with Gasteiger partial charge in [0.2, 0.25) is 0 Å². The third-order valence-corrected chi connectivity index (χ3v) is 11.3. The number of hydrogen-bond acceptors (Lipinski definition) is 2. The van der Waals surface area contributed by atoms with Gasteiger partial charge in [-0.25, -0.2) is 0 Å². The van der Waals surface area contributed by atoms with E-state index in [1.165, 1.54) is 71.6 Å². The number of benzene rings is 8. The van der Waals surface area contributed by atoms with Gasteiger partial charge in [-0.15, -0.1) is 0 Å². The molecule has 56 heavy (non-hydrogen) atoms. The quantitative estimate of drug-likeness (QED) is 0.163. The van der Waals surface area contributed by atoms with E-state index in [1.54, 1.807) is 0 Å². The maximum atomic E-state index is 4.75. The van der Waals surface area contributed by atoms with Gasteiger partial charge in [-0.2, -0.15) is 0 Å². The molecule has 10 rings (SSSR count). The van der Waals surface area contributed by atoms with Crippen molar-refractivity contribution in [1.29, 1.82) is 0 Å². The molecule has 0 unspecified atom stereocenters. The molecule has 0 aliphatic heterocycles. The zero-order valence-corrected chi connectivity index (χ0v) is 31.5. The molecule has 0 atom stereocenters. The Labute approximate surface area is 328 Å². The average molecular weight is 717 g/mol. The second kappa shape index (κ2) is 13.7. The number of pyridine rings is 1. The van der Waals surface area contributed by atoms with Crippen LogP contribution in [0.15, 0.2) is 206 Å². The predicted molar refractivity (Wildman–Crippen MR) is 237 cm³/mol. The van der Waals surface area contributed by atoms with Crippen LogP contribution in [0.3, 0.4) is 0 Å². The zero-order chi connectivity index (χ0) is 37.6. The molecule has 0 N–H and O–H groups in total. The fourth-order valence-electron chi connectivity index (χ4n) is 8.32. The molecule has 0 spiro atoms. The molecule has 1 aromatic heterocycles. The Hall–Kier alpha value is -7.03. The van der Waals surface area contributed by atoms with Crippen LogP contribution in [0.2, 0.25) is 0 Å². The van der Waals surface area contributed by atoms with Crippen LogP contribution in [-0.2, 0) is 5.41 Å². The molecule has 0 amide bonds. The maximum Gasteiger partial charge on any atom is 0.0576 e. The van der Waals surface area contributed by atoms with Crippen LogP contribution in [0.1, 0.15) is 30.7 Å². The minimum atomic E-state index is -0.109. The third-order valence-electron chi connectivity index (χ3n) is 11.3. The molecule has 0 radical (unpaired) electrons. The van der Waals surface area contributed by atoms with E-state index in [0.29, 0.717) is 0 Å². The lowest BCUT2D eigenvalue weighted by Crippen LogP contribution is -2.12. The van der Waals surface area contributed by atoms with Crippen molar-refractivity contribution in [3.05, 3.63) is 223 Å². The number of aromatic nitrogens is 1. The van der Waals surface area contributed by atoms with E-state index in [1.807, 2.05) is 12.3 Å². The lowest BCUT2D eigenvalue weighted by molar-refractivity contribution is 0.656. The first kappa shape index (κ1) is 33.5. The SMILES string of the molecule is CC1(C)C=C(c2ccc(N(c3ccc(-c4ccc(-c5ccc6ccccc6c5)cc4)cc3)c3ccc(-c4ccc5ccccc5c4)cc3)cc2)c2cccnc21. The monoisotopic (exact) mass is 716 g/mol. The molecule has 1 heterocycles. The van der Waals surface area contributed by atoms with E-state index in [9.17, 15) is 0 Å². The van der Waals surface area contributed by atoms with Crippen molar-refractivity contribution < 1.29 is 0 Å². The van der Waals surface area contributed by atoms with Gasteiger partial charge in [-0.3, -0.25) is 4.98 Å². The van der Waals surface area contributed by atoms with Crippen LogP contribution >= 0.6 is 0 Å². The molecule has 0 saturated carbocycles. The molecule has 9 aromatic rings. The minimum absolute atomic E-state index is 0.109. The van der Waals surface area contributed by atoms with Gasteiger partial charge in [0.1, 0.15) is 0 Å². The highest BCUT2D eigenvalue weighted by Gasteiger charge is 2.31. The van der Waals surface area contributed by atoms with Gasteiger partial charge in [-0.1, -0.05) is 159 Å². The van der Waals surface area contributed by atoms with Crippen LogP contribution in [0.4, 0.5) is 17.1 Å². The van der Waals surface area contributed by atoms with Crippen molar-refractivity contribution in [3.63, 3.8) is 0 Å². The van der Waals surface area contributed by atoms with E-state index in [-0.39, 0.29) is 5.41 Å². The molecule has 2 heteroatoms. The Kier molecular flexibility index (Phi) is 8.19. The lowest BCUT2D eigenvalue weighted by Gasteiger charge is -2.26. The van der Waals surface area contributed by atoms with Crippen molar-refractivity contribution >= 4 is 44.2 Å². The van der Waals surface area contributed by atoms with E-state index < -0.39 is 0 Å². The van der Waals surface area contributed by atoms with Crippen LogP contribution in [-0.4, -0.2) is 4.98 Å². The van der Waals surface area contributed by atoms with E-state index in [0.717, 1.165) is 22.8 Å².